The van der Waals surface area contributed by atoms with E-state index in [0.717, 1.165) is 0 Å². The maximum absolute atomic E-state index is 13.9. The van der Waals surface area contributed by atoms with Gasteiger partial charge in [-0.15, -0.1) is 0 Å². The van der Waals surface area contributed by atoms with Gasteiger partial charge in [0.1, 0.15) is 11.3 Å². The monoisotopic (exact) mass is 585 g/mol. The van der Waals surface area contributed by atoms with Crippen LogP contribution in [0.5, 0.6) is 0 Å². The fourth-order valence-electron chi connectivity index (χ4n) is 5.27. The number of nitrogens with zero attached hydrogens (tertiary/aromatic N) is 5. The van der Waals surface area contributed by atoms with Gasteiger partial charge in [0.25, 0.3) is 11.8 Å². The Hall–Kier alpha value is -3.47. The van der Waals surface area contributed by atoms with Gasteiger partial charge in [0.2, 0.25) is 0 Å². The summed E-state index contributed by atoms with van der Waals surface area (Å²) in [5.74, 6) is -1.77. The minimum atomic E-state index is -1.12. The molecule has 0 saturated heterocycles. The van der Waals surface area contributed by atoms with Gasteiger partial charge >= 0.3 is 5.97 Å². The van der Waals surface area contributed by atoms with Crippen molar-refractivity contribution in [2.24, 2.45) is 0 Å². The number of carboxylic acids is 1. The van der Waals surface area contributed by atoms with Crippen molar-refractivity contribution in [3.05, 3.63) is 80.3 Å². The number of fused-ring (bicyclic) bond motifs is 3. The van der Waals surface area contributed by atoms with Gasteiger partial charge < -0.3 is 20.0 Å². The van der Waals surface area contributed by atoms with E-state index >= 15 is 0 Å². The van der Waals surface area contributed by atoms with Gasteiger partial charge in [0.05, 0.1) is 40.6 Å². The van der Waals surface area contributed by atoms with Gasteiger partial charge in [-0.25, -0.2) is 9.48 Å². The Morgan fingerprint density at radius 1 is 1.15 bits per heavy atom. The molecule has 3 aromatic rings. The van der Waals surface area contributed by atoms with Crippen molar-refractivity contribution in [2.45, 2.75) is 64.4 Å². The van der Waals surface area contributed by atoms with E-state index in [4.69, 9.17) is 23.2 Å². The fourth-order valence-corrected chi connectivity index (χ4v) is 5.57. The molecule has 4 heterocycles. The minimum absolute atomic E-state index is 0.0857. The van der Waals surface area contributed by atoms with Crippen LogP contribution in [0.1, 0.15) is 83.1 Å². The number of aromatic nitrogens is 3. The SMILES string of the molecule is CC(c1ccc(C(C)(C)O)nc1)N1C[C@@H](C(=O)O)n2nc3c(c2C1=O)CN(C(=O)c1ccc(Cl)c(Cl)c1)[C@H](C)C3. The first-order chi connectivity index (χ1) is 18.8. The second-order valence-electron chi connectivity index (χ2n) is 10.9. The molecule has 2 aromatic heterocycles. The third-order valence-electron chi connectivity index (χ3n) is 7.64. The number of hydrogen-bond donors (Lipinski definition) is 2. The van der Waals surface area contributed by atoms with Gasteiger partial charge in [-0.2, -0.15) is 5.10 Å². The van der Waals surface area contributed by atoms with Crippen molar-refractivity contribution < 1.29 is 24.6 Å². The standard InChI is InChI=1S/C28H29Cl2N5O5/c1-14-9-21-18(12-33(14)25(36)16-5-7-19(29)20(30)10-16)24-26(37)34(13-22(27(38)39)35(24)32-21)15(2)17-6-8-23(31-11-17)28(3,4)40/h5-8,10-11,14-15,22,40H,9,12-13H2,1-4H3,(H,38,39)/t14-,15?,22+/m1/s1. The molecule has 2 amide bonds. The van der Waals surface area contributed by atoms with Crippen molar-refractivity contribution >= 4 is 41.0 Å². The van der Waals surface area contributed by atoms with Crippen LogP contribution < -0.4 is 0 Å². The van der Waals surface area contributed by atoms with E-state index in [-0.39, 0.29) is 41.7 Å². The molecule has 0 radical (unpaired) electrons. The average molecular weight is 586 g/mol. The summed E-state index contributed by atoms with van der Waals surface area (Å²) in [6.45, 7) is 6.95. The molecule has 10 nitrogen and oxygen atoms in total. The highest BCUT2D eigenvalue weighted by molar-refractivity contribution is 6.42. The summed E-state index contributed by atoms with van der Waals surface area (Å²) >= 11 is 12.2. The van der Waals surface area contributed by atoms with E-state index in [1.807, 2.05) is 6.92 Å². The van der Waals surface area contributed by atoms with Crippen molar-refractivity contribution in [1.82, 2.24) is 24.6 Å². The largest absolute Gasteiger partial charge is 0.480 e. The number of rotatable bonds is 5. The Morgan fingerprint density at radius 2 is 1.88 bits per heavy atom. The van der Waals surface area contributed by atoms with E-state index < -0.39 is 23.7 Å². The first-order valence-corrected chi connectivity index (χ1v) is 13.6. The maximum Gasteiger partial charge on any atom is 0.330 e. The van der Waals surface area contributed by atoms with Gasteiger partial charge in [-0.1, -0.05) is 29.3 Å². The fraction of sp³-hybridized carbons (Fsp3) is 0.393. The van der Waals surface area contributed by atoms with Gasteiger partial charge in [-0.05, 0) is 57.5 Å². The lowest BCUT2D eigenvalue weighted by atomic mass is 9.96. The van der Waals surface area contributed by atoms with Gasteiger partial charge in [-0.3, -0.25) is 14.6 Å². The summed E-state index contributed by atoms with van der Waals surface area (Å²) in [6, 6.07) is 6.27. The Bertz CT molecular complexity index is 1510. The summed E-state index contributed by atoms with van der Waals surface area (Å²) in [6.07, 6.45) is 1.95. The average Bonchev–Trinajstić information content (AvgIpc) is 3.27. The van der Waals surface area contributed by atoms with Crippen LogP contribution in [0.15, 0.2) is 36.5 Å². The van der Waals surface area contributed by atoms with Crippen molar-refractivity contribution in [3.8, 4) is 0 Å². The van der Waals surface area contributed by atoms with Gasteiger partial charge in [0.15, 0.2) is 6.04 Å². The van der Waals surface area contributed by atoms with Gasteiger partial charge in [0, 0.05) is 29.8 Å². The molecule has 0 fully saturated rings. The zero-order valence-electron chi connectivity index (χ0n) is 22.4. The summed E-state index contributed by atoms with van der Waals surface area (Å²) in [4.78, 5) is 47.2. The highest BCUT2D eigenvalue weighted by Crippen LogP contribution is 2.36. The molecule has 0 spiro atoms. The number of benzene rings is 1. The zero-order valence-corrected chi connectivity index (χ0v) is 23.9. The molecule has 2 N–H and O–H groups in total. The molecule has 0 bridgehead atoms. The third-order valence-corrected chi connectivity index (χ3v) is 8.38. The number of aliphatic carboxylic acids is 1. The number of pyridine rings is 1. The Morgan fingerprint density at radius 3 is 2.48 bits per heavy atom. The van der Waals surface area contributed by atoms with E-state index in [2.05, 4.69) is 10.1 Å². The quantitative estimate of drug-likeness (QED) is 0.458. The van der Waals surface area contributed by atoms with Crippen LogP contribution in [0.25, 0.3) is 0 Å². The Balaban J connectivity index is 1.50. The van der Waals surface area contributed by atoms with Crippen LogP contribution in [0.4, 0.5) is 0 Å². The molecule has 1 aromatic carbocycles. The predicted octanol–water partition coefficient (Wildman–Crippen LogP) is 4.24. The number of aliphatic hydroxyl groups is 1. The highest BCUT2D eigenvalue weighted by atomic mass is 35.5. The topological polar surface area (TPSA) is 129 Å². The van der Waals surface area contributed by atoms with Crippen LogP contribution in [0.2, 0.25) is 10.0 Å². The number of carboxylic acid groups (broad SMARTS) is 1. The molecule has 3 atom stereocenters. The van der Waals surface area contributed by atoms with Crippen LogP contribution in [-0.4, -0.2) is 65.1 Å². The molecule has 12 heteroatoms. The molecule has 40 heavy (non-hydrogen) atoms. The minimum Gasteiger partial charge on any atom is -0.480 e. The number of halogens is 2. The lowest BCUT2D eigenvalue weighted by molar-refractivity contribution is -0.142. The molecule has 2 aliphatic heterocycles. The molecule has 5 rings (SSSR count). The maximum atomic E-state index is 13.9. The summed E-state index contributed by atoms with van der Waals surface area (Å²) in [5, 5.41) is 25.5. The number of carbonyl (C=O) groups excluding carboxylic acids is 2. The molecular formula is C28H29Cl2N5O5. The van der Waals surface area contributed by atoms with Crippen molar-refractivity contribution in [2.75, 3.05) is 6.54 Å². The number of amides is 2. The second-order valence-corrected chi connectivity index (χ2v) is 11.7. The second kappa shape index (κ2) is 10.2. The van der Waals surface area contributed by atoms with E-state index in [1.54, 1.807) is 56.1 Å². The molecule has 0 saturated carbocycles. The van der Waals surface area contributed by atoms with Crippen LogP contribution in [-0.2, 0) is 23.4 Å². The third kappa shape index (κ3) is 4.84. The summed E-state index contributed by atoms with van der Waals surface area (Å²) in [7, 11) is 0. The first-order valence-electron chi connectivity index (χ1n) is 12.9. The molecule has 2 aliphatic rings. The van der Waals surface area contributed by atoms with E-state index in [9.17, 15) is 24.6 Å². The highest BCUT2D eigenvalue weighted by Gasteiger charge is 2.43. The first kappa shape index (κ1) is 28.1. The number of hydrogen-bond acceptors (Lipinski definition) is 6. The Labute approximate surface area is 241 Å². The number of carbonyl (C=O) groups is 3. The molecule has 0 aliphatic carbocycles. The molecule has 210 valence electrons. The lowest BCUT2D eigenvalue weighted by Crippen LogP contribution is -2.47. The smallest absolute Gasteiger partial charge is 0.330 e. The Kier molecular flexibility index (Phi) is 7.14. The van der Waals surface area contributed by atoms with Crippen molar-refractivity contribution in [3.63, 3.8) is 0 Å². The predicted molar refractivity (Wildman–Crippen MR) is 147 cm³/mol. The van der Waals surface area contributed by atoms with Crippen LogP contribution in [0.3, 0.4) is 0 Å². The lowest BCUT2D eigenvalue weighted by Gasteiger charge is -2.37. The van der Waals surface area contributed by atoms with E-state index in [1.165, 1.54) is 15.6 Å². The van der Waals surface area contributed by atoms with Crippen LogP contribution >= 0.6 is 23.2 Å². The summed E-state index contributed by atoms with van der Waals surface area (Å²) < 4.78 is 1.30. The zero-order chi connectivity index (χ0) is 29.1. The molecule has 1 unspecified atom stereocenters. The molecular weight excluding hydrogens is 557 g/mol. The van der Waals surface area contributed by atoms with Crippen molar-refractivity contribution in [1.29, 1.82) is 0 Å². The van der Waals surface area contributed by atoms with Crippen LogP contribution in [0, 0.1) is 0 Å². The summed E-state index contributed by atoms with van der Waals surface area (Å²) in [5.41, 5.74) is 1.71. The normalized spacial score (nSPS) is 19.7. The van der Waals surface area contributed by atoms with E-state index in [0.29, 0.717) is 39.5 Å².